The van der Waals surface area contributed by atoms with Gasteiger partial charge < -0.3 is 16.2 Å². The topological polar surface area (TPSA) is 157 Å². The Hall–Kier alpha value is -3.97. The summed E-state index contributed by atoms with van der Waals surface area (Å²) in [4.78, 5) is 7.96. The quantitative estimate of drug-likeness (QED) is 0.667. The molecule has 0 bridgehead atoms. The van der Waals surface area contributed by atoms with E-state index in [1.807, 2.05) is 6.07 Å². The molecule has 0 aliphatic carbocycles. The van der Waals surface area contributed by atoms with Gasteiger partial charge in [0.15, 0.2) is 0 Å². The second kappa shape index (κ2) is 6.33. The van der Waals surface area contributed by atoms with Crippen molar-refractivity contribution >= 4 is 27.7 Å². The average Bonchev–Trinajstić information content (AvgIpc) is 2.92. The summed E-state index contributed by atoms with van der Waals surface area (Å²) in [7, 11) is -3.76. The smallest absolute Gasteiger partial charge is 0.286 e. The van der Waals surface area contributed by atoms with Crippen molar-refractivity contribution in [3.05, 3.63) is 59.7 Å². The number of hydrogen-bond acceptors (Lipinski definition) is 8. The highest BCUT2D eigenvalue weighted by Gasteiger charge is 2.30. The van der Waals surface area contributed by atoms with E-state index in [0.717, 1.165) is 0 Å². The Balaban J connectivity index is 1.67. The van der Waals surface area contributed by atoms with Crippen molar-refractivity contribution in [1.82, 2.24) is 9.97 Å². The first-order valence-electron chi connectivity index (χ1n) is 7.95. The van der Waals surface area contributed by atoms with Crippen LogP contribution in [0.25, 0.3) is 11.3 Å². The molecule has 0 unspecified atom stereocenters. The molecule has 2 aromatic carbocycles. The van der Waals surface area contributed by atoms with Gasteiger partial charge in [-0.15, -0.1) is 4.40 Å². The molecule has 0 saturated heterocycles. The lowest BCUT2D eigenvalue weighted by atomic mass is 10.1. The van der Waals surface area contributed by atoms with Crippen molar-refractivity contribution in [1.29, 1.82) is 5.26 Å². The van der Waals surface area contributed by atoms with Crippen molar-refractivity contribution in [3.8, 4) is 23.1 Å². The van der Waals surface area contributed by atoms with Gasteiger partial charge in [-0.05, 0) is 36.4 Å². The zero-order valence-electron chi connectivity index (χ0n) is 14.2. The first-order valence-corrected chi connectivity index (χ1v) is 9.39. The van der Waals surface area contributed by atoms with Gasteiger partial charge in [-0.1, -0.05) is 12.1 Å². The normalized spacial score (nSPS) is 14.0. The van der Waals surface area contributed by atoms with Crippen molar-refractivity contribution in [2.45, 2.75) is 4.90 Å². The number of hydrogen-bond donors (Lipinski definition) is 2. The summed E-state index contributed by atoms with van der Waals surface area (Å²) in [5.41, 5.74) is 12.7. The lowest BCUT2D eigenvalue weighted by molar-refractivity contribution is 0.554. The monoisotopic (exact) mass is 392 g/mol. The molecule has 0 saturated carbocycles. The summed E-state index contributed by atoms with van der Waals surface area (Å²) >= 11 is 0. The zero-order chi connectivity index (χ0) is 19.9. The second-order valence-corrected chi connectivity index (χ2v) is 7.37. The minimum atomic E-state index is -3.76. The van der Waals surface area contributed by atoms with E-state index in [-0.39, 0.29) is 28.1 Å². The highest BCUT2D eigenvalue weighted by atomic mass is 32.2. The number of ether oxygens (including phenoxy) is 1. The number of fused-ring (bicyclic) bond motifs is 1. The Kier molecular flexibility index (Phi) is 3.94. The standard InChI is InChI=1S/C18H12N6O3S/c19-9-13-15(22-18(21)23-16(13)20)10-5-7-11(8-6-10)27-17-12-3-1-2-4-14(12)28(25,26)24-17/h1-8H,(H4,20,21,22,23). The molecule has 0 atom stereocenters. The van der Waals surface area contributed by atoms with Gasteiger partial charge in [0.1, 0.15) is 28.1 Å². The second-order valence-electron chi connectivity index (χ2n) is 5.80. The number of nitriles is 1. The van der Waals surface area contributed by atoms with Gasteiger partial charge in [0.05, 0.1) is 11.3 Å². The SMILES string of the molecule is N#Cc1c(N)nc(N)nc1-c1ccc(OC2=NS(=O)(=O)c3ccccc32)cc1. The molecule has 0 amide bonds. The fraction of sp³-hybridized carbons (Fsp3) is 0. The third kappa shape index (κ3) is 2.89. The van der Waals surface area contributed by atoms with Crippen LogP contribution in [0.3, 0.4) is 0 Å². The zero-order valence-corrected chi connectivity index (χ0v) is 15.0. The molecule has 28 heavy (non-hydrogen) atoms. The molecule has 4 N–H and O–H groups in total. The Morgan fingerprint density at radius 1 is 1.00 bits per heavy atom. The summed E-state index contributed by atoms with van der Waals surface area (Å²) in [5, 5.41) is 9.29. The molecule has 1 aliphatic heterocycles. The predicted molar refractivity (Wildman–Crippen MR) is 102 cm³/mol. The molecular weight excluding hydrogens is 380 g/mol. The third-order valence-corrected chi connectivity index (χ3v) is 5.32. The molecule has 10 heteroatoms. The van der Waals surface area contributed by atoms with Gasteiger partial charge in [0, 0.05) is 5.56 Å². The van der Waals surface area contributed by atoms with Crippen LogP contribution in [0.1, 0.15) is 11.1 Å². The number of nitrogens with two attached hydrogens (primary N) is 2. The fourth-order valence-electron chi connectivity index (χ4n) is 2.76. The van der Waals surface area contributed by atoms with Gasteiger partial charge in [0.25, 0.3) is 10.0 Å². The van der Waals surface area contributed by atoms with E-state index in [1.165, 1.54) is 6.07 Å². The van der Waals surface area contributed by atoms with Gasteiger partial charge in [-0.25, -0.2) is 4.98 Å². The van der Waals surface area contributed by atoms with E-state index in [2.05, 4.69) is 14.4 Å². The molecule has 1 aromatic heterocycles. The van der Waals surface area contributed by atoms with E-state index in [0.29, 0.717) is 22.6 Å². The van der Waals surface area contributed by atoms with Crippen molar-refractivity contribution in [2.24, 2.45) is 4.40 Å². The summed E-state index contributed by atoms with van der Waals surface area (Å²) in [6.45, 7) is 0. The lowest BCUT2D eigenvalue weighted by Crippen LogP contribution is -2.08. The minimum Gasteiger partial charge on any atom is -0.438 e. The minimum absolute atomic E-state index is 0.00316. The molecule has 138 valence electrons. The Morgan fingerprint density at radius 3 is 2.43 bits per heavy atom. The lowest BCUT2D eigenvalue weighted by Gasteiger charge is -2.09. The maximum absolute atomic E-state index is 12.1. The Bertz CT molecular complexity index is 1280. The first-order chi connectivity index (χ1) is 13.4. The van der Waals surface area contributed by atoms with Crippen LogP contribution in [0.15, 0.2) is 57.8 Å². The number of aromatic nitrogens is 2. The fourth-order valence-corrected chi connectivity index (χ4v) is 3.89. The van der Waals surface area contributed by atoms with Crippen molar-refractivity contribution < 1.29 is 13.2 Å². The molecule has 9 nitrogen and oxygen atoms in total. The van der Waals surface area contributed by atoms with E-state index < -0.39 is 10.0 Å². The van der Waals surface area contributed by atoms with Crippen molar-refractivity contribution in [3.63, 3.8) is 0 Å². The number of nitrogen functional groups attached to an aromatic ring is 2. The molecule has 3 aromatic rings. The number of nitrogens with zero attached hydrogens (tertiary/aromatic N) is 4. The first kappa shape index (κ1) is 17.4. The van der Waals surface area contributed by atoms with Crippen LogP contribution in [-0.2, 0) is 10.0 Å². The van der Waals surface area contributed by atoms with E-state index in [1.54, 1.807) is 42.5 Å². The molecule has 4 rings (SSSR count). The van der Waals surface area contributed by atoms with Crippen LogP contribution in [0.4, 0.5) is 11.8 Å². The van der Waals surface area contributed by atoms with E-state index >= 15 is 0 Å². The average molecular weight is 392 g/mol. The summed E-state index contributed by atoms with van der Waals surface area (Å²) in [5.74, 6) is 0.306. The van der Waals surface area contributed by atoms with Crippen LogP contribution in [0.2, 0.25) is 0 Å². The molecule has 0 fully saturated rings. The Labute approximate surface area is 160 Å². The third-order valence-electron chi connectivity index (χ3n) is 4.01. The van der Waals surface area contributed by atoms with Crippen LogP contribution in [-0.4, -0.2) is 24.3 Å². The van der Waals surface area contributed by atoms with E-state index in [9.17, 15) is 13.7 Å². The molecule has 2 heterocycles. The molecule has 0 spiro atoms. The van der Waals surface area contributed by atoms with Crippen LogP contribution in [0.5, 0.6) is 5.75 Å². The largest absolute Gasteiger partial charge is 0.438 e. The van der Waals surface area contributed by atoms with Crippen molar-refractivity contribution in [2.75, 3.05) is 11.5 Å². The van der Waals surface area contributed by atoms with Gasteiger partial charge in [-0.3, -0.25) is 0 Å². The number of rotatable bonds is 2. The van der Waals surface area contributed by atoms with E-state index in [4.69, 9.17) is 16.2 Å². The summed E-state index contributed by atoms with van der Waals surface area (Å²) in [6, 6.07) is 14.9. The van der Waals surface area contributed by atoms with Gasteiger partial charge >= 0.3 is 0 Å². The van der Waals surface area contributed by atoms with Crippen LogP contribution >= 0.6 is 0 Å². The number of anilines is 2. The van der Waals surface area contributed by atoms with Crippen LogP contribution < -0.4 is 16.2 Å². The maximum atomic E-state index is 12.1. The molecule has 1 aliphatic rings. The van der Waals surface area contributed by atoms with Gasteiger partial charge in [0.2, 0.25) is 11.8 Å². The predicted octanol–water partition coefficient (Wildman–Crippen LogP) is 1.71. The molecule has 0 radical (unpaired) electrons. The number of sulfonamides is 1. The Morgan fingerprint density at radius 2 is 1.71 bits per heavy atom. The maximum Gasteiger partial charge on any atom is 0.286 e. The molecular formula is C18H12N6O3S. The summed E-state index contributed by atoms with van der Waals surface area (Å²) in [6.07, 6.45) is 0. The van der Waals surface area contributed by atoms with Crippen LogP contribution in [0, 0.1) is 11.3 Å². The number of benzene rings is 2. The summed E-state index contributed by atoms with van der Waals surface area (Å²) < 4.78 is 33.5. The van der Waals surface area contributed by atoms with Gasteiger partial charge in [-0.2, -0.15) is 18.7 Å². The highest BCUT2D eigenvalue weighted by Crippen LogP contribution is 2.30. The highest BCUT2D eigenvalue weighted by molar-refractivity contribution is 7.90.